The van der Waals surface area contributed by atoms with Gasteiger partial charge in [0.15, 0.2) is 0 Å². The summed E-state index contributed by atoms with van der Waals surface area (Å²) in [5, 5.41) is 7.78. The van der Waals surface area contributed by atoms with E-state index < -0.39 is 0 Å². The van der Waals surface area contributed by atoms with Gasteiger partial charge >= 0.3 is 0 Å². The Morgan fingerprint density at radius 2 is 1.80 bits per heavy atom. The first-order valence-electron chi connectivity index (χ1n) is 7.03. The normalized spacial score (nSPS) is 12.1. The van der Waals surface area contributed by atoms with Crippen molar-refractivity contribution < 1.29 is 0 Å². The number of hydrogen-bond acceptors (Lipinski definition) is 4. The first kappa shape index (κ1) is 15.1. The molecule has 0 saturated carbocycles. The Labute approximate surface area is 125 Å². The van der Waals surface area contributed by atoms with E-state index in [1.165, 1.54) is 22.0 Å². The Bertz CT molecular complexity index is 550. The van der Waals surface area contributed by atoms with E-state index in [0.29, 0.717) is 5.92 Å². The molecule has 0 bridgehead atoms. The summed E-state index contributed by atoms with van der Waals surface area (Å²) in [6.45, 7) is 11.7. The zero-order valence-electron chi connectivity index (χ0n) is 12.9. The first-order chi connectivity index (χ1) is 9.37. The second kappa shape index (κ2) is 6.02. The summed E-state index contributed by atoms with van der Waals surface area (Å²) in [7, 11) is 0. The highest BCUT2D eigenvalue weighted by Gasteiger charge is 2.14. The quantitative estimate of drug-likeness (QED) is 0.916. The molecule has 0 fully saturated rings. The van der Waals surface area contributed by atoms with Crippen LogP contribution >= 0.6 is 11.5 Å². The third-order valence-electron chi connectivity index (χ3n) is 3.19. The molecule has 1 aromatic carbocycles. The average molecular weight is 289 g/mol. The van der Waals surface area contributed by atoms with Crippen LogP contribution in [0.5, 0.6) is 0 Å². The Kier molecular flexibility index (Phi) is 4.55. The van der Waals surface area contributed by atoms with E-state index in [-0.39, 0.29) is 5.54 Å². The lowest BCUT2D eigenvalue weighted by molar-refractivity contribution is 0.426. The zero-order valence-corrected chi connectivity index (χ0v) is 13.7. The van der Waals surface area contributed by atoms with E-state index in [1.807, 2.05) is 0 Å². The number of rotatable bonds is 4. The van der Waals surface area contributed by atoms with Crippen LogP contribution < -0.4 is 5.32 Å². The molecule has 0 spiro atoms. The monoisotopic (exact) mass is 289 g/mol. The Morgan fingerprint density at radius 1 is 1.15 bits per heavy atom. The lowest BCUT2D eigenvalue weighted by atomic mass is 10.0. The number of aromatic nitrogens is 2. The molecule has 1 N–H and O–H groups in total. The molecule has 1 aromatic heterocycles. The van der Waals surface area contributed by atoms with Gasteiger partial charge in [0, 0.05) is 17.6 Å². The number of nitrogens with one attached hydrogen (secondary N) is 1. The van der Waals surface area contributed by atoms with Crippen molar-refractivity contribution >= 4 is 11.5 Å². The van der Waals surface area contributed by atoms with Gasteiger partial charge in [-0.2, -0.15) is 0 Å². The average Bonchev–Trinajstić information content (AvgIpc) is 2.84. The summed E-state index contributed by atoms with van der Waals surface area (Å²) >= 11 is 1.47. The fourth-order valence-corrected chi connectivity index (χ4v) is 2.52. The largest absolute Gasteiger partial charge is 0.307 e. The second-order valence-corrected chi connectivity index (χ2v) is 7.26. The van der Waals surface area contributed by atoms with Crippen molar-refractivity contribution in [3.8, 4) is 11.3 Å². The fraction of sp³-hybridized carbons (Fsp3) is 0.500. The molecule has 2 aromatic rings. The molecule has 0 saturated heterocycles. The van der Waals surface area contributed by atoms with Gasteiger partial charge in [-0.05, 0) is 43.8 Å². The van der Waals surface area contributed by atoms with E-state index in [2.05, 4.69) is 73.8 Å². The van der Waals surface area contributed by atoms with Crippen LogP contribution in [-0.2, 0) is 6.54 Å². The molecular formula is C16H23N3S. The standard InChI is InChI=1S/C16H23N3S/c1-11(2)12-6-8-13(9-7-12)15-14(20-19-18-15)10-17-16(3,4)5/h6-9,11,17H,10H2,1-5H3. The number of hydrogen-bond donors (Lipinski definition) is 1. The minimum Gasteiger partial charge on any atom is -0.307 e. The molecule has 1 heterocycles. The molecule has 108 valence electrons. The molecule has 0 aliphatic heterocycles. The Hall–Kier alpha value is -1.26. The van der Waals surface area contributed by atoms with Crippen LogP contribution in [0.25, 0.3) is 11.3 Å². The molecule has 0 amide bonds. The highest BCUT2D eigenvalue weighted by atomic mass is 32.1. The zero-order chi connectivity index (χ0) is 14.8. The van der Waals surface area contributed by atoms with Gasteiger partial charge in [0.25, 0.3) is 0 Å². The first-order valence-corrected chi connectivity index (χ1v) is 7.81. The third kappa shape index (κ3) is 3.87. The highest BCUT2D eigenvalue weighted by molar-refractivity contribution is 7.05. The van der Waals surface area contributed by atoms with Crippen molar-refractivity contribution in [3.63, 3.8) is 0 Å². The molecule has 0 atom stereocenters. The van der Waals surface area contributed by atoms with Gasteiger partial charge in [0.2, 0.25) is 0 Å². The van der Waals surface area contributed by atoms with Crippen molar-refractivity contribution in [1.29, 1.82) is 0 Å². The van der Waals surface area contributed by atoms with Crippen molar-refractivity contribution in [1.82, 2.24) is 14.9 Å². The van der Waals surface area contributed by atoms with Crippen molar-refractivity contribution in [3.05, 3.63) is 34.7 Å². The second-order valence-electron chi connectivity index (χ2n) is 6.42. The van der Waals surface area contributed by atoms with Gasteiger partial charge in [0.05, 0.1) is 4.88 Å². The van der Waals surface area contributed by atoms with Crippen LogP contribution in [0.2, 0.25) is 0 Å². The van der Waals surface area contributed by atoms with Gasteiger partial charge in [-0.1, -0.05) is 42.6 Å². The van der Waals surface area contributed by atoms with Crippen LogP contribution in [0, 0.1) is 0 Å². The summed E-state index contributed by atoms with van der Waals surface area (Å²) in [6.07, 6.45) is 0. The summed E-state index contributed by atoms with van der Waals surface area (Å²) in [6, 6.07) is 8.65. The molecule has 2 rings (SSSR count). The summed E-state index contributed by atoms with van der Waals surface area (Å²) in [4.78, 5) is 1.19. The van der Waals surface area contributed by atoms with Crippen LogP contribution in [0.4, 0.5) is 0 Å². The van der Waals surface area contributed by atoms with Crippen LogP contribution in [0.3, 0.4) is 0 Å². The van der Waals surface area contributed by atoms with Crippen LogP contribution in [0.1, 0.15) is 51.0 Å². The van der Waals surface area contributed by atoms with Gasteiger partial charge in [0.1, 0.15) is 5.69 Å². The molecular weight excluding hydrogens is 266 g/mol. The van der Waals surface area contributed by atoms with Crippen molar-refractivity contribution in [2.75, 3.05) is 0 Å². The lowest BCUT2D eigenvalue weighted by Crippen LogP contribution is -2.34. The molecule has 0 radical (unpaired) electrons. The smallest absolute Gasteiger partial charge is 0.110 e. The Morgan fingerprint density at radius 3 is 2.35 bits per heavy atom. The van der Waals surface area contributed by atoms with E-state index in [0.717, 1.165) is 17.8 Å². The predicted octanol–water partition coefficient (Wildman–Crippen LogP) is 4.22. The minimum atomic E-state index is 0.1000. The van der Waals surface area contributed by atoms with Crippen molar-refractivity contribution in [2.24, 2.45) is 0 Å². The van der Waals surface area contributed by atoms with E-state index in [4.69, 9.17) is 0 Å². The van der Waals surface area contributed by atoms with E-state index in [9.17, 15) is 0 Å². The molecule has 0 aliphatic rings. The highest BCUT2D eigenvalue weighted by Crippen LogP contribution is 2.26. The topological polar surface area (TPSA) is 37.8 Å². The number of benzene rings is 1. The van der Waals surface area contributed by atoms with Crippen molar-refractivity contribution in [2.45, 2.75) is 52.6 Å². The van der Waals surface area contributed by atoms with Gasteiger partial charge in [-0.15, -0.1) is 5.10 Å². The maximum atomic E-state index is 4.29. The summed E-state index contributed by atoms with van der Waals surface area (Å²) in [5.74, 6) is 0.555. The fourth-order valence-electron chi connectivity index (χ4n) is 1.92. The molecule has 20 heavy (non-hydrogen) atoms. The van der Waals surface area contributed by atoms with Gasteiger partial charge < -0.3 is 5.32 Å². The molecule has 3 nitrogen and oxygen atoms in total. The molecule has 4 heteroatoms. The summed E-state index contributed by atoms with van der Waals surface area (Å²) in [5.41, 5.74) is 3.60. The SMILES string of the molecule is CC(C)c1ccc(-c2nnsc2CNC(C)(C)C)cc1. The molecule has 0 aliphatic carbocycles. The van der Waals surface area contributed by atoms with Gasteiger partial charge in [-0.25, -0.2) is 0 Å². The van der Waals surface area contributed by atoms with E-state index >= 15 is 0 Å². The summed E-state index contributed by atoms with van der Waals surface area (Å²) < 4.78 is 4.11. The van der Waals surface area contributed by atoms with E-state index in [1.54, 1.807) is 0 Å². The van der Waals surface area contributed by atoms with Crippen LogP contribution in [0.15, 0.2) is 24.3 Å². The lowest BCUT2D eigenvalue weighted by Gasteiger charge is -2.20. The minimum absolute atomic E-state index is 0.1000. The maximum absolute atomic E-state index is 4.29. The Balaban J connectivity index is 2.19. The van der Waals surface area contributed by atoms with Crippen LogP contribution in [-0.4, -0.2) is 15.1 Å². The molecule has 0 unspecified atom stereocenters. The third-order valence-corrected chi connectivity index (χ3v) is 3.91. The maximum Gasteiger partial charge on any atom is 0.110 e. The number of nitrogens with zero attached hydrogens (tertiary/aromatic N) is 2. The predicted molar refractivity (Wildman–Crippen MR) is 86.0 cm³/mol. The van der Waals surface area contributed by atoms with Gasteiger partial charge in [-0.3, -0.25) is 0 Å².